The summed E-state index contributed by atoms with van der Waals surface area (Å²) in [7, 11) is 1.52. The molecule has 0 saturated carbocycles. The van der Waals surface area contributed by atoms with Crippen LogP contribution in [0.3, 0.4) is 0 Å². The molecule has 1 amide bonds. The maximum atomic E-state index is 11.7. The fourth-order valence-electron chi connectivity index (χ4n) is 1.60. The Hall–Kier alpha value is -1.86. The SMILES string of the molecule is CCCOC(=O)CCC(=O)NC(=S)Nc1ccc(OC)c(Cl)c1. The molecule has 1 aromatic rings. The molecule has 0 heterocycles. The van der Waals surface area contributed by atoms with Gasteiger partial charge in [-0.15, -0.1) is 0 Å². The molecule has 0 spiro atoms. The minimum absolute atomic E-state index is 0.00767. The van der Waals surface area contributed by atoms with Gasteiger partial charge in [0.05, 0.1) is 25.2 Å². The molecule has 6 nitrogen and oxygen atoms in total. The third-order valence-corrected chi connectivity index (χ3v) is 3.19. The molecule has 0 unspecified atom stereocenters. The predicted molar refractivity (Wildman–Crippen MR) is 92.9 cm³/mol. The maximum absolute atomic E-state index is 11.7. The van der Waals surface area contributed by atoms with Crippen LogP contribution < -0.4 is 15.4 Å². The third-order valence-electron chi connectivity index (χ3n) is 2.69. The van der Waals surface area contributed by atoms with Gasteiger partial charge in [0.15, 0.2) is 5.11 Å². The topological polar surface area (TPSA) is 76.7 Å². The van der Waals surface area contributed by atoms with Gasteiger partial charge >= 0.3 is 5.97 Å². The summed E-state index contributed by atoms with van der Waals surface area (Å²) in [6.07, 6.45) is 0.771. The van der Waals surface area contributed by atoms with Gasteiger partial charge in [-0.2, -0.15) is 0 Å². The van der Waals surface area contributed by atoms with Crippen LogP contribution in [0.15, 0.2) is 18.2 Å². The van der Waals surface area contributed by atoms with Crippen LogP contribution in [-0.4, -0.2) is 30.7 Å². The highest BCUT2D eigenvalue weighted by molar-refractivity contribution is 7.80. The monoisotopic (exact) mass is 358 g/mol. The number of carbonyl (C=O) groups excluding carboxylic acids is 2. The smallest absolute Gasteiger partial charge is 0.306 e. The van der Waals surface area contributed by atoms with Crippen molar-refractivity contribution in [3.63, 3.8) is 0 Å². The van der Waals surface area contributed by atoms with E-state index in [1.54, 1.807) is 18.2 Å². The van der Waals surface area contributed by atoms with E-state index in [0.29, 0.717) is 23.1 Å². The molecule has 126 valence electrons. The number of methoxy groups -OCH3 is 1. The standard InChI is InChI=1S/C15H19ClN2O4S/c1-3-8-22-14(20)7-6-13(19)18-15(23)17-10-4-5-12(21-2)11(16)9-10/h4-5,9H,3,6-8H2,1-2H3,(H2,17,18,19,23). The highest BCUT2D eigenvalue weighted by Gasteiger charge is 2.10. The summed E-state index contributed by atoms with van der Waals surface area (Å²) in [4.78, 5) is 23.0. The summed E-state index contributed by atoms with van der Waals surface area (Å²) >= 11 is 11.0. The second-order valence-electron chi connectivity index (χ2n) is 4.57. The number of halogens is 1. The van der Waals surface area contributed by atoms with Gasteiger partial charge in [0.1, 0.15) is 5.75 Å². The van der Waals surface area contributed by atoms with Gasteiger partial charge < -0.3 is 20.1 Å². The van der Waals surface area contributed by atoms with Crippen LogP contribution in [0.1, 0.15) is 26.2 Å². The normalized spacial score (nSPS) is 9.87. The van der Waals surface area contributed by atoms with Crippen LogP contribution in [0.25, 0.3) is 0 Å². The number of esters is 1. The number of carbonyl (C=O) groups is 2. The first kappa shape index (κ1) is 19.2. The van der Waals surface area contributed by atoms with Gasteiger partial charge in [-0.3, -0.25) is 9.59 Å². The Kier molecular flexibility index (Phi) is 8.36. The fourth-order valence-corrected chi connectivity index (χ4v) is 2.09. The van der Waals surface area contributed by atoms with Gasteiger partial charge in [0.2, 0.25) is 5.91 Å². The van der Waals surface area contributed by atoms with E-state index in [4.69, 9.17) is 33.3 Å². The number of ether oxygens (including phenoxy) is 2. The number of hydrogen-bond donors (Lipinski definition) is 2. The minimum atomic E-state index is -0.400. The van der Waals surface area contributed by atoms with E-state index in [1.807, 2.05) is 6.92 Å². The van der Waals surface area contributed by atoms with Crippen molar-refractivity contribution < 1.29 is 19.1 Å². The molecule has 0 radical (unpaired) electrons. The Labute approximate surface area is 145 Å². The summed E-state index contributed by atoms with van der Waals surface area (Å²) in [6.45, 7) is 2.26. The molecule has 0 aromatic heterocycles. The van der Waals surface area contributed by atoms with Gasteiger partial charge in [-0.1, -0.05) is 18.5 Å². The molecule has 0 aliphatic carbocycles. The van der Waals surface area contributed by atoms with Gasteiger partial charge in [-0.25, -0.2) is 0 Å². The Bertz CT molecular complexity index is 581. The van der Waals surface area contributed by atoms with Crippen LogP contribution in [0, 0.1) is 0 Å². The molecule has 2 N–H and O–H groups in total. The van der Waals surface area contributed by atoms with E-state index in [-0.39, 0.29) is 23.9 Å². The van der Waals surface area contributed by atoms with Gasteiger partial charge in [0, 0.05) is 12.1 Å². The van der Waals surface area contributed by atoms with Crippen molar-refractivity contribution in [1.82, 2.24) is 5.32 Å². The first-order chi connectivity index (χ1) is 11.0. The largest absolute Gasteiger partial charge is 0.495 e. The van der Waals surface area contributed by atoms with Crippen LogP contribution in [0.4, 0.5) is 5.69 Å². The summed E-state index contributed by atoms with van der Waals surface area (Å²) < 4.78 is 9.93. The lowest BCUT2D eigenvalue weighted by Gasteiger charge is -2.11. The lowest BCUT2D eigenvalue weighted by atomic mass is 10.3. The molecule has 0 atom stereocenters. The third kappa shape index (κ3) is 7.30. The highest BCUT2D eigenvalue weighted by Crippen LogP contribution is 2.27. The molecule has 0 saturated heterocycles. The van der Waals surface area contributed by atoms with E-state index >= 15 is 0 Å². The van der Waals surface area contributed by atoms with Gasteiger partial charge in [0.25, 0.3) is 0 Å². The highest BCUT2D eigenvalue weighted by atomic mass is 35.5. The molecule has 0 aliphatic rings. The Morgan fingerprint density at radius 2 is 2.04 bits per heavy atom. The fraction of sp³-hybridized carbons (Fsp3) is 0.400. The molecule has 1 rings (SSSR count). The van der Waals surface area contributed by atoms with Crippen LogP contribution in [0.2, 0.25) is 5.02 Å². The van der Waals surface area contributed by atoms with Crippen molar-refractivity contribution in [2.24, 2.45) is 0 Å². The maximum Gasteiger partial charge on any atom is 0.306 e. The van der Waals surface area contributed by atoms with Crippen molar-refractivity contribution in [1.29, 1.82) is 0 Å². The number of benzene rings is 1. The summed E-state index contributed by atoms with van der Waals surface area (Å²) in [5.41, 5.74) is 0.614. The predicted octanol–water partition coefficient (Wildman–Crippen LogP) is 2.90. The molecule has 1 aromatic carbocycles. The number of hydrogen-bond acceptors (Lipinski definition) is 5. The lowest BCUT2D eigenvalue weighted by Crippen LogP contribution is -2.34. The minimum Gasteiger partial charge on any atom is -0.495 e. The van der Waals surface area contributed by atoms with Crippen LogP contribution in [0.5, 0.6) is 5.75 Å². The first-order valence-electron chi connectivity index (χ1n) is 7.06. The molecule has 0 bridgehead atoms. The van der Waals surface area contributed by atoms with E-state index in [0.717, 1.165) is 6.42 Å². The van der Waals surface area contributed by atoms with Crippen molar-refractivity contribution in [3.05, 3.63) is 23.2 Å². The molecular formula is C15H19ClN2O4S. The average molecular weight is 359 g/mol. The van der Waals surface area contributed by atoms with Crippen molar-refractivity contribution in [2.45, 2.75) is 26.2 Å². The quantitative estimate of drug-likeness (QED) is 0.576. The number of thiocarbonyl (C=S) groups is 1. The van der Waals surface area contributed by atoms with Gasteiger partial charge in [-0.05, 0) is 36.8 Å². The second kappa shape index (κ2) is 10.0. The Balaban J connectivity index is 2.39. The number of rotatable bonds is 7. The van der Waals surface area contributed by atoms with Crippen LogP contribution >= 0.6 is 23.8 Å². The lowest BCUT2D eigenvalue weighted by molar-refractivity contribution is -0.144. The van der Waals surface area contributed by atoms with E-state index in [2.05, 4.69) is 10.6 Å². The summed E-state index contributed by atoms with van der Waals surface area (Å²) in [5.74, 6) is -0.226. The molecule has 23 heavy (non-hydrogen) atoms. The average Bonchev–Trinajstić information content (AvgIpc) is 2.51. The molecule has 0 aliphatic heterocycles. The molecule has 8 heteroatoms. The molecule has 0 fully saturated rings. The number of anilines is 1. The zero-order valence-electron chi connectivity index (χ0n) is 13.0. The molecular weight excluding hydrogens is 340 g/mol. The zero-order chi connectivity index (χ0) is 17.2. The Morgan fingerprint density at radius 1 is 1.30 bits per heavy atom. The first-order valence-corrected chi connectivity index (χ1v) is 7.84. The van der Waals surface area contributed by atoms with Crippen LogP contribution in [-0.2, 0) is 14.3 Å². The Morgan fingerprint density at radius 3 is 2.65 bits per heavy atom. The zero-order valence-corrected chi connectivity index (χ0v) is 14.6. The summed E-state index contributed by atoms with van der Waals surface area (Å²) in [6, 6.07) is 5.02. The number of amides is 1. The van der Waals surface area contributed by atoms with Crippen molar-refractivity contribution in [3.8, 4) is 5.75 Å². The van der Waals surface area contributed by atoms with E-state index < -0.39 is 5.97 Å². The second-order valence-corrected chi connectivity index (χ2v) is 5.39. The number of nitrogens with one attached hydrogen (secondary N) is 2. The van der Waals surface area contributed by atoms with E-state index in [1.165, 1.54) is 7.11 Å². The van der Waals surface area contributed by atoms with Crippen molar-refractivity contribution >= 4 is 46.5 Å². The van der Waals surface area contributed by atoms with Crippen molar-refractivity contribution in [2.75, 3.05) is 19.0 Å². The van der Waals surface area contributed by atoms with E-state index in [9.17, 15) is 9.59 Å². The summed E-state index contributed by atoms with van der Waals surface area (Å²) in [5, 5.41) is 5.86.